The van der Waals surface area contributed by atoms with E-state index in [0.717, 1.165) is 12.8 Å². The standard InChI is InChI=1S/C50H73NO12/c1-7-8-9-10-11-12-13-14-15-16-17-18-19-20-21-25-28-36(53)63-50-37-38(60-5)39-46(32-58-3)31-51(2)41(37)49(39,35(59-4)29-34(46)52)48(57)30-47(56,44(61-6)42(50)54)43(40(48)50)62-45(55)33-26-23-22-24-27-33/h18-28,34-35,37-44,52,54,56-57H,7-17,29-32H2,1-6H3/b19-18+,21-20+,28-25+/t34-,35+,37+,38+,39-,40+,41?,42+,43-,44+,46+,47-,48+,49-,50+/m1/s1. The molecule has 1 aromatic carbocycles. The molecule has 1 heterocycles. The van der Waals surface area contributed by atoms with Crippen molar-refractivity contribution in [3.8, 4) is 0 Å². The fourth-order valence-corrected chi connectivity index (χ4v) is 14.4. The molecule has 1 saturated heterocycles. The SMILES string of the molecule is CCCCCCCCCCCC/C=C/C=C/C=C/C(=O)O[C@@]12[C@@H]3C4N(C)C[C@]5(COC)[C@H](O)C[C@H](OC)[C@]4([C@@H]5[C@H]3OC)[C@]3(O)C[C@@](O)([C@H](OC(=O)c4ccccc4)[C@H]13)[C@@H](OC)[C@@H]2O. The highest BCUT2D eigenvalue weighted by molar-refractivity contribution is 5.89. The summed E-state index contributed by atoms with van der Waals surface area (Å²) >= 11 is 0. The van der Waals surface area contributed by atoms with Gasteiger partial charge in [-0.1, -0.05) is 113 Å². The molecule has 7 rings (SSSR count). The van der Waals surface area contributed by atoms with Gasteiger partial charge in [-0.25, -0.2) is 9.59 Å². The first kappa shape index (κ1) is 48.0. The number of aliphatic hydroxyl groups is 4. The van der Waals surface area contributed by atoms with Crippen LogP contribution in [0.25, 0.3) is 0 Å². The Morgan fingerprint density at radius 3 is 2.13 bits per heavy atom. The van der Waals surface area contributed by atoms with Crippen LogP contribution < -0.4 is 0 Å². The van der Waals surface area contributed by atoms with E-state index >= 15 is 0 Å². The maximum Gasteiger partial charge on any atom is 0.338 e. The lowest BCUT2D eigenvalue weighted by Gasteiger charge is -2.72. The van der Waals surface area contributed by atoms with Crippen LogP contribution >= 0.6 is 0 Å². The molecule has 6 fully saturated rings. The summed E-state index contributed by atoms with van der Waals surface area (Å²) in [6.07, 6.45) is 16.5. The number of nitrogens with zero attached hydrogens (tertiary/aromatic N) is 1. The first-order valence-corrected chi connectivity index (χ1v) is 23.4. The van der Waals surface area contributed by atoms with E-state index in [1.807, 2.05) is 24.1 Å². The van der Waals surface area contributed by atoms with Gasteiger partial charge in [-0.15, -0.1) is 0 Å². The van der Waals surface area contributed by atoms with Crippen molar-refractivity contribution < 1.29 is 58.4 Å². The summed E-state index contributed by atoms with van der Waals surface area (Å²) in [6, 6.07) is 7.62. The highest BCUT2D eigenvalue weighted by Gasteiger charge is 2.96. The lowest BCUT2D eigenvalue weighted by Crippen LogP contribution is -2.85. The quantitative estimate of drug-likeness (QED) is 0.0510. The Morgan fingerprint density at radius 2 is 1.49 bits per heavy atom. The first-order chi connectivity index (χ1) is 30.3. The fraction of sp³-hybridized carbons (Fsp3) is 0.720. The predicted octanol–water partition coefficient (Wildman–Crippen LogP) is 5.33. The van der Waals surface area contributed by atoms with Gasteiger partial charge in [-0.2, -0.15) is 0 Å². The van der Waals surface area contributed by atoms with Gasteiger partial charge in [0.1, 0.15) is 23.9 Å². The number of fused-ring (bicyclic) bond motifs is 2. The second kappa shape index (κ2) is 19.5. The molecule has 15 atom stereocenters. The average Bonchev–Trinajstić information content (AvgIpc) is 3.64. The van der Waals surface area contributed by atoms with Gasteiger partial charge in [0.15, 0.2) is 5.60 Å². The highest BCUT2D eigenvalue weighted by atomic mass is 16.6. The average molecular weight is 880 g/mol. The van der Waals surface area contributed by atoms with Gasteiger partial charge >= 0.3 is 11.9 Å². The second-order valence-corrected chi connectivity index (χ2v) is 19.4. The number of allylic oxidation sites excluding steroid dienone is 5. The molecule has 1 unspecified atom stereocenters. The lowest BCUT2D eigenvalue weighted by molar-refractivity contribution is -0.353. The van der Waals surface area contributed by atoms with E-state index in [1.165, 1.54) is 85.2 Å². The van der Waals surface area contributed by atoms with Crippen LogP contribution in [0, 0.1) is 28.6 Å². The summed E-state index contributed by atoms with van der Waals surface area (Å²) in [5, 5.41) is 52.2. The van der Waals surface area contributed by atoms with E-state index in [4.69, 9.17) is 28.4 Å². The predicted molar refractivity (Wildman–Crippen MR) is 236 cm³/mol. The van der Waals surface area contributed by atoms with E-state index < -0.39 is 106 Å². The Labute approximate surface area is 373 Å². The maximum atomic E-state index is 14.4. The number of benzene rings is 1. The normalized spacial score (nSPS) is 41.2. The molecule has 4 N–H and O–H groups in total. The van der Waals surface area contributed by atoms with Gasteiger partial charge in [0.25, 0.3) is 0 Å². The third-order valence-corrected chi connectivity index (χ3v) is 16.3. The number of unbranched alkanes of at least 4 members (excludes halogenated alkanes) is 10. The molecule has 5 aliphatic carbocycles. The van der Waals surface area contributed by atoms with Crippen LogP contribution in [0.3, 0.4) is 0 Å². The van der Waals surface area contributed by atoms with Gasteiger partial charge in [-0.05, 0) is 32.0 Å². The Balaban J connectivity index is 1.22. The van der Waals surface area contributed by atoms with Crippen molar-refractivity contribution in [1.29, 1.82) is 0 Å². The molecule has 63 heavy (non-hydrogen) atoms. The molecule has 350 valence electrons. The van der Waals surface area contributed by atoms with Crippen molar-refractivity contribution in [3.63, 3.8) is 0 Å². The summed E-state index contributed by atoms with van der Waals surface area (Å²) in [6.45, 7) is 2.67. The molecule has 6 aliphatic rings. The van der Waals surface area contributed by atoms with E-state index in [0.29, 0.717) is 6.54 Å². The summed E-state index contributed by atoms with van der Waals surface area (Å²) in [5.41, 5.74) is -8.47. The number of carbonyl (C=O) groups excluding carboxylic acids is 2. The third kappa shape index (κ3) is 7.49. The molecule has 1 aliphatic heterocycles. The summed E-state index contributed by atoms with van der Waals surface area (Å²) < 4.78 is 37.8. The molecule has 1 aromatic rings. The van der Waals surface area contributed by atoms with Crippen molar-refractivity contribution in [2.45, 2.75) is 150 Å². The number of methoxy groups -OCH3 is 4. The number of carbonyl (C=O) groups is 2. The number of likely N-dealkylation sites (tertiary alicyclic amines) is 1. The number of hydrogen-bond acceptors (Lipinski definition) is 13. The van der Waals surface area contributed by atoms with Crippen molar-refractivity contribution in [2.75, 3.05) is 48.6 Å². The molecule has 0 amide bonds. The van der Waals surface area contributed by atoms with Crippen molar-refractivity contribution in [1.82, 2.24) is 4.90 Å². The number of hydrogen-bond donors (Lipinski definition) is 4. The Morgan fingerprint density at radius 1 is 0.825 bits per heavy atom. The monoisotopic (exact) mass is 880 g/mol. The Hall–Kier alpha value is -2.98. The second-order valence-electron chi connectivity index (χ2n) is 19.4. The van der Waals surface area contributed by atoms with Crippen molar-refractivity contribution >= 4 is 11.9 Å². The van der Waals surface area contributed by atoms with Crippen LogP contribution in [0.4, 0.5) is 0 Å². The zero-order valence-corrected chi connectivity index (χ0v) is 38.2. The summed E-state index contributed by atoms with van der Waals surface area (Å²) in [4.78, 5) is 30.5. The number of rotatable bonds is 22. The minimum absolute atomic E-state index is 0.0942. The smallest absolute Gasteiger partial charge is 0.338 e. The van der Waals surface area contributed by atoms with Crippen LogP contribution in [0.1, 0.15) is 101 Å². The van der Waals surface area contributed by atoms with Gasteiger partial charge in [0.05, 0.1) is 42.0 Å². The van der Waals surface area contributed by atoms with Crippen LogP contribution in [-0.4, -0.2) is 145 Å². The van der Waals surface area contributed by atoms with Crippen molar-refractivity contribution in [2.24, 2.45) is 28.6 Å². The van der Waals surface area contributed by atoms with E-state index in [-0.39, 0.29) is 18.6 Å². The molecule has 0 aromatic heterocycles. The zero-order chi connectivity index (χ0) is 45.2. The molecule has 5 saturated carbocycles. The topological polar surface area (TPSA) is 174 Å². The van der Waals surface area contributed by atoms with Gasteiger partial charge in [0.2, 0.25) is 0 Å². The minimum Gasteiger partial charge on any atom is -0.455 e. The van der Waals surface area contributed by atoms with Crippen LogP contribution in [0.15, 0.2) is 66.8 Å². The molecule has 13 nitrogen and oxygen atoms in total. The third-order valence-electron chi connectivity index (χ3n) is 16.3. The molecule has 1 spiro atoms. The highest BCUT2D eigenvalue weighted by Crippen LogP contribution is 2.81. The van der Waals surface area contributed by atoms with Crippen LogP contribution in [0.2, 0.25) is 0 Å². The fourth-order valence-electron chi connectivity index (χ4n) is 14.4. The van der Waals surface area contributed by atoms with E-state index in [9.17, 15) is 30.0 Å². The number of aliphatic hydroxyl groups excluding tert-OH is 2. The molecule has 0 radical (unpaired) electrons. The number of ether oxygens (including phenoxy) is 6. The largest absolute Gasteiger partial charge is 0.455 e. The van der Waals surface area contributed by atoms with Crippen LogP contribution in [-0.2, 0) is 33.2 Å². The summed E-state index contributed by atoms with van der Waals surface area (Å²) in [7, 11) is 7.84. The van der Waals surface area contributed by atoms with Crippen molar-refractivity contribution in [3.05, 3.63) is 72.4 Å². The minimum atomic E-state index is -2.17. The zero-order valence-electron chi connectivity index (χ0n) is 38.2. The maximum absolute atomic E-state index is 14.4. The van der Waals surface area contributed by atoms with Gasteiger partial charge in [0, 0.05) is 82.6 Å². The molecular weight excluding hydrogens is 807 g/mol. The molecule has 7 bridgehead atoms. The first-order valence-electron chi connectivity index (χ1n) is 23.4. The number of piperidine rings is 1. The number of esters is 2. The molecule has 13 heteroatoms. The summed E-state index contributed by atoms with van der Waals surface area (Å²) in [5.74, 6) is -4.61. The van der Waals surface area contributed by atoms with Crippen LogP contribution in [0.5, 0.6) is 0 Å². The van der Waals surface area contributed by atoms with Gasteiger partial charge < -0.3 is 53.7 Å². The van der Waals surface area contributed by atoms with E-state index in [1.54, 1.807) is 49.6 Å². The molecular formula is C50H73NO12. The lowest BCUT2D eigenvalue weighted by atomic mass is 9.40. The van der Waals surface area contributed by atoms with Gasteiger partial charge in [-0.3, -0.25) is 0 Å². The Bertz CT molecular complexity index is 1820. The Kier molecular flexibility index (Phi) is 14.8. The van der Waals surface area contributed by atoms with E-state index in [2.05, 4.69) is 13.0 Å².